The van der Waals surface area contributed by atoms with E-state index in [1.54, 1.807) is 54.3 Å². The number of H-pyrrole nitrogens is 1. The van der Waals surface area contributed by atoms with E-state index in [-0.39, 0.29) is 51.8 Å². The summed E-state index contributed by atoms with van der Waals surface area (Å²) in [6.45, 7) is 15.6. The number of ether oxygens (including phenoxy) is 3. The predicted molar refractivity (Wildman–Crippen MR) is 366 cm³/mol. The number of piperazine rings is 2. The molecule has 0 spiro atoms. The Morgan fingerprint density at radius 2 is 1.47 bits per heavy atom. The number of nitrogens with zero attached hydrogens (tertiary/aromatic N) is 9. The van der Waals surface area contributed by atoms with Crippen LogP contribution in [0.1, 0.15) is 82.6 Å². The lowest BCUT2D eigenvalue weighted by Crippen LogP contribution is -2.54. The van der Waals surface area contributed by atoms with Crippen LogP contribution in [0.25, 0.3) is 33.3 Å². The molecule has 1 unspecified atom stereocenters. The van der Waals surface area contributed by atoms with E-state index in [0.29, 0.717) is 99.6 Å². The van der Waals surface area contributed by atoms with Gasteiger partial charge in [0.1, 0.15) is 17.4 Å². The van der Waals surface area contributed by atoms with Crippen molar-refractivity contribution >= 4 is 102 Å². The number of aromatic amines is 1. The number of amides is 5. The SMILES string of the molecule is Cn1c(=O)c2nc3[nH]ccc3cc2n1-c1cc(N2CCN(CC3=C(c4ccc(Cl)cc4)CC(C)(C)CC3)CC2)ccc1C(=O)NS(=O)(=O)c1ccc(NCCN2CCN(CCOCCOCCOCCNc3cccc4c3C(=O)N(C3CCC(=O)NC3=O)C4=O)CC2)c([N+](=O)[O-])c1. The average molecular weight is 1370 g/mol. The first-order chi connectivity index (χ1) is 46.7. The highest BCUT2D eigenvalue weighted by Gasteiger charge is 2.46. The second-order valence-electron chi connectivity index (χ2n) is 25.7. The number of aromatic nitrogens is 4. The van der Waals surface area contributed by atoms with Crippen molar-refractivity contribution < 1.29 is 51.5 Å². The molecule has 97 heavy (non-hydrogen) atoms. The molecule has 1 aliphatic carbocycles. The smallest absolute Gasteiger partial charge is 0.293 e. The van der Waals surface area contributed by atoms with Crippen molar-refractivity contribution in [3.8, 4) is 5.69 Å². The first-order valence-corrected chi connectivity index (χ1v) is 34.6. The number of pyridine rings is 1. The van der Waals surface area contributed by atoms with E-state index in [9.17, 15) is 47.3 Å². The number of anilines is 3. The summed E-state index contributed by atoms with van der Waals surface area (Å²) in [6, 6.07) is 24.1. The Balaban J connectivity index is 0.594. The maximum absolute atomic E-state index is 14.6. The van der Waals surface area contributed by atoms with Gasteiger partial charge < -0.3 is 34.7 Å². The molecule has 4 aliphatic heterocycles. The molecule has 3 aromatic heterocycles. The third kappa shape index (κ3) is 15.3. The van der Waals surface area contributed by atoms with E-state index < -0.39 is 66.7 Å². The number of halogens is 1. The molecular weight excluding hydrogens is 1290 g/mol. The fraction of sp³-hybridized carbons (Fsp3) is 0.426. The standard InChI is InChI=1S/C68H79ClN14O13S/c1-68(2)19-17-46(52(42-68)44-7-9-47(69)10-8-44)43-79-28-30-80(31-29-79)48-11-13-50(56(40-48)82-58-39-45-18-20-72-62(45)74-61(58)67(89)76(82)3)63(85)75-97(92,93)49-12-14-53(57(41-49)83(90)91)70-21-23-77-24-26-78(27-25-77)32-34-95-36-38-96-37-35-94-33-22-71-54-6-4-5-51-60(54)66(88)81(65(51)87)55-15-16-59(84)73-64(55)86/h4-14,18,20,39-41,55,70-71H,15-17,19,21-38,42-43H2,1-3H3,(H,72,74)(H,75,85)(H,73,84,86). The Labute approximate surface area is 565 Å². The number of nitro benzene ring substituents is 1. The molecule has 7 aromatic rings. The number of sulfonamides is 1. The molecule has 4 aromatic carbocycles. The minimum atomic E-state index is -4.72. The van der Waals surface area contributed by atoms with E-state index in [2.05, 4.69) is 76.2 Å². The van der Waals surface area contributed by atoms with Crippen molar-refractivity contribution in [2.45, 2.75) is 56.9 Å². The van der Waals surface area contributed by atoms with Gasteiger partial charge in [-0.05, 0) is 109 Å². The highest BCUT2D eigenvalue weighted by atomic mass is 35.5. The van der Waals surface area contributed by atoms with Gasteiger partial charge in [-0.3, -0.25) is 63.8 Å². The van der Waals surface area contributed by atoms with Crippen LogP contribution >= 0.6 is 11.6 Å². The number of rotatable bonds is 27. The van der Waals surface area contributed by atoms with Gasteiger partial charge in [-0.1, -0.05) is 49.2 Å². The molecule has 7 heterocycles. The van der Waals surface area contributed by atoms with Crippen LogP contribution < -0.4 is 31.1 Å². The van der Waals surface area contributed by atoms with Gasteiger partial charge in [-0.2, -0.15) is 0 Å². The number of nitro groups is 1. The van der Waals surface area contributed by atoms with Crippen molar-refractivity contribution in [1.82, 2.24) is 49.0 Å². The number of hydrogen-bond acceptors (Lipinski definition) is 20. The molecule has 1 atom stereocenters. The van der Waals surface area contributed by atoms with Gasteiger partial charge in [0.05, 0.1) is 77.4 Å². The molecule has 0 saturated carbocycles. The summed E-state index contributed by atoms with van der Waals surface area (Å²) < 4.78 is 50.6. The second kappa shape index (κ2) is 29.5. The quantitative estimate of drug-likeness (QED) is 0.0164. The lowest BCUT2D eigenvalue weighted by Gasteiger charge is -2.39. The Hall–Kier alpha value is -8.87. The Morgan fingerprint density at radius 3 is 2.21 bits per heavy atom. The lowest BCUT2D eigenvalue weighted by molar-refractivity contribution is -0.384. The van der Waals surface area contributed by atoms with Crippen LogP contribution in [-0.4, -0.2) is 213 Å². The Morgan fingerprint density at radius 1 is 0.773 bits per heavy atom. The zero-order valence-electron chi connectivity index (χ0n) is 54.4. The number of carbonyl (C=O) groups is 5. The zero-order chi connectivity index (χ0) is 68.1. The van der Waals surface area contributed by atoms with Gasteiger partial charge in [-0.25, -0.2) is 27.5 Å². The molecule has 27 nitrogen and oxygen atoms in total. The molecule has 12 rings (SSSR count). The van der Waals surface area contributed by atoms with Crippen LogP contribution in [0.15, 0.2) is 112 Å². The first-order valence-electron chi connectivity index (χ1n) is 32.7. The molecule has 0 bridgehead atoms. The van der Waals surface area contributed by atoms with Crippen LogP contribution in [0.2, 0.25) is 5.02 Å². The number of carbonyl (C=O) groups excluding carboxylic acids is 5. The van der Waals surface area contributed by atoms with Crippen LogP contribution in [0.4, 0.5) is 22.7 Å². The van der Waals surface area contributed by atoms with Crippen LogP contribution in [-0.2, 0) is 40.9 Å². The van der Waals surface area contributed by atoms with Gasteiger partial charge >= 0.3 is 0 Å². The highest BCUT2D eigenvalue weighted by molar-refractivity contribution is 7.90. The minimum absolute atomic E-state index is 0.0386. The number of piperidine rings is 1. The largest absolute Gasteiger partial charge is 0.382 e. The molecule has 512 valence electrons. The maximum Gasteiger partial charge on any atom is 0.293 e. The maximum atomic E-state index is 14.6. The van der Waals surface area contributed by atoms with Crippen LogP contribution in [0.3, 0.4) is 0 Å². The first kappa shape index (κ1) is 68.1. The number of imide groups is 2. The predicted octanol–water partition coefficient (Wildman–Crippen LogP) is 6.26. The molecule has 0 radical (unpaired) electrons. The van der Waals surface area contributed by atoms with E-state index in [1.165, 1.54) is 39.6 Å². The molecule has 3 saturated heterocycles. The van der Waals surface area contributed by atoms with Crippen molar-refractivity contribution in [1.29, 1.82) is 0 Å². The van der Waals surface area contributed by atoms with Gasteiger partial charge in [0.15, 0.2) is 5.52 Å². The van der Waals surface area contributed by atoms with Crippen molar-refractivity contribution in [2.24, 2.45) is 12.5 Å². The topological polar surface area (TPSA) is 310 Å². The molecular formula is C68H79ClN14O13S. The van der Waals surface area contributed by atoms with E-state index in [4.69, 9.17) is 25.8 Å². The van der Waals surface area contributed by atoms with E-state index in [0.717, 1.165) is 88.3 Å². The summed E-state index contributed by atoms with van der Waals surface area (Å²) in [5.41, 5.74) is 6.18. The fourth-order valence-electron chi connectivity index (χ4n) is 13.4. The number of hydrogen-bond donors (Lipinski definition) is 5. The molecule has 5 aliphatic rings. The number of benzene rings is 4. The normalized spacial score (nSPS) is 18.1. The number of allylic oxidation sites excluding steroid dienone is 1. The summed E-state index contributed by atoms with van der Waals surface area (Å²) >= 11 is 6.29. The second-order valence-corrected chi connectivity index (χ2v) is 27.8. The van der Waals surface area contributed by atoms with Crippen LogP contribution in [0.5, 0.6) is 0 Å². The third-order valence-corrected chi connectivity index (χ3v) is 20.3. The summed E-state index contributed by atoms with van der Waals surface area (Å²) in [4.78, 5) is 108. The Kier molecular flexibility index (Phi) is 20.7. The average Bonchev–Trinajstić information content (AvgIpc) is 1.63. The monoisotopic (exact) mass is 1370 g/mol. The number of nitrogens with one attached hydrogen (secondary N) is 5. The fourth-order valence-corrected chi connectivity index (χ4v) is 14.5. The van der Waals surface area contributed by atoms with Crippen molar-refractivity contribution in [2.75, 3.05) is 140 Å². The van der Waals surface area contributed by atoms with Gasteiger partial charge in [0.25, 0.3) is 39.0 Å². The summed E-state index contributed by atoms with van der Waals surface area (Å²) in [5.74, 6) is -3.27. The summed E-state index contributed by atoms with van der Waals surface area (Å²) in [5, 5.41) is 22.4. The lowest BCUT2D eigenvalue weighted by atomic mass is 9.72. The van der Waals surface area contributed by atoms with Gasteiger partial charge in [0.2, 0.25) is 11.8 Å². The van der Waals surface area contributed by atoms with E-state index >= 15 is 0 Å². The van der Waals surface area contributed by atoms with Gasteiger partial charge in [0, 0.05) is 133 Å². The molecule has 29 heteroatoms. The van der Waals surface area contributed by atoms with Crippen LogP contribution in [0, 0.1) is 15.5 Å². The van der Waals surface area contributed by atoms with Crippen molar-refractivity contribution in [3.05, 3.63) is 151 Å². The summed E-state index contributed by atoms with van der Waals surface area (Å²) in [7, 11) is -3.16. The Bertz CT molecular complexity index is 4380. The van der Waals surface area contributed by atoms with E-state index in [1.807, 2.05) is 18.2 Å². The molecule has 3 fully saturated rings. The number of fused-ring (bicyclic) bond motifs is 3. The van der Waals surface area contributed by atoms with Gasteiger partial charge in [-0.15, -0.1) is 0 Å². The van der Waals surface area contributed by atoms with Crippen molar-refractivity contribution in [3.63, 3.8) is 0 Å². The minimum Gasteiger partial charge on any atom is -0.382 e. The molecule has 5 amide bonds. The third-order valence-electron chi connectivity index (χ3n) is 18.8. The highest BCUT2D eigenvalue weighted by Crippen LogP contribution is 2.44. The molecule has 5 N–H and O–H groups in total. The summed E-state index contributed by atoms with van der Waals surface area (Å²) in [6.07, 6.45) is 4.91. The zero-order valence-corrected chi connectivity index (χ0v) is 56.0.